The number of fused-ring (bicyclic) bond motifs is 2. The maximum absolute atomic E-state index is 16.4. The summed E-state index contributed by atoms with van der Waals surface area (Å²) >= 11 is 0. The van der Waals surface area contributed by atoms with Gasteiger partial charge in [-0.25, -0.2) is 37.1 Å². The standard InChI is InChI=1S/C50H60F4N10O6/c1-25(2)42(59-49(67)68)47(65)62-23-29(51)19-40(62)45-55-34-11-9-27(17-36(34)57-45)38-13-14-39(64(38)31-21-32(53)44(33(54)22-31)61-15-7-6-8-16-61)28-10-12-35-37(18-28)58-46(56-35)41-20-30(52)24-63(41)48(66)43(26(3)4)60-50(69)70-5/h9-12,17-18,21-22,25-26,29-30,38-43,59H,6-8,13-16,19-20,23-24H2,1-5H3,(H,55,57)(H,56,58)(H,60,69)(H,67,68)/t29-,30-,38-,39-,40+,41+,42+,43+/m1/s1. The highest BCUT2D eigenvalue weighted by molar-refractivity contribution is 5.87. The molecule has 0 bridgehead atoms. The molecule has 70 heavy (non-hydrogen) atoms. The van der Waals surface area contributed by atoms with Crippen LogP contribution in [0, 0.1) is 23.5 Å². The van der Waals surface area contributed by atoms with Crippen molar-refractivity contribution in [1.82, 2.24) is 40.4 Å². The van der Waals surface area contributed by atoms with Crippen LogP contribution in [0.25, 0.3) is 22.1 Å². The summed E-state index contributed by atoms with van der Waals surface area (Å²) in [7, 11) is 1.20. The Kier molecular flexibility index (Phi) is 13.6. The number of carbonyl (C=O) groups is 4. The number of halogens is 4. The van der Waals surface area contributed by atoms with E-state index in [0.29, 0.717) is 65.3 Å². The SMILES string of the molecule is COC(=O)N[C@H](C(=O)N1C[C@H](F)C[C@H]1c1nc2ccc([C@H]3CC[C@H](c4ccc5nc([C@@H]6C[C@@H](F)CN6C(=O)[C@@H](NC(=O)O)C(C)C)[nH]c5c4)N3c3cc(F)c(N4CCCCC4)c(F)c3)cc2[nH]1)C(C)C. The summed E-state index contributed by atoms with van der Waals surface area (Å²) in [6.45, 7) is 7.70. The maximum Gasteiger partial charge on any atom is 0.407 e. The van der Waals surface area contributed by atoms with Gasteiger partial charge < -0.3 is 50.0 Å². The van der Waals surface area contributed by atoms with E-state index < -0.39 is 90.1 Å². The van der Waals surface area contributed by atoms with Crippen molar-refractivity contribution in [2.45, 2.75) is 121 Å². The molecule has 4 aliphatic heterocycles. The Bertz CT molecular complexity index is 2760. The van der Waals surface area contributed by atoms with E-state index in [4.69, 9.17) is 14.7 Å². The molecule has 20 heteroatoms. The van der Waals surface area contributed by atoms with Gasteiger partial charge in [0.25, 0.3) is 0 Å². The van der Waals surface area contributed by atoms with Gasteiger partial charge in [0.15, 0.2) is 11.6 Å². The number of piperidine rings is 1. The van der Waals surface area contributed by atoms with E-state index in [2.05, 4.69) is 20.6 Å². The van der Waals surface area contributed by atoms with Crippen molar-refractivity contribution in [3.8, 4) is 0 Å². The Morgan fingerprint density at radius 1 is 0.700 bits per heavy atom. The highest BCUT2D eigenvalue weighted by atomic mass is 19.1. The van der Waals surface area contributed by atoms with Gasteiger partial charge in [0, 0.05) is 31.6 Å². The molecule has 374 valence electrons. The zero-order valence-corrected chi connectivity index (χ0v) is 39.9. The van der Waals surface area contributed by atoms with Crippen LogP contribution in [0.5, 0.6) is 0 Å². The number of amides is 4. The molecule has 3 aromatic carbocycles. The second kappa shape index (κ2) is 19.7. The van der Waals surface area contributed by atoms with Gasteiger partial charge in [-0.1, -0.05) is 39.8 Å². The lowest BCUT2D eigenvalue weighted by molar-refractivity contribution is -0.136. The summed E-state index contributed by atoms with van der Waals surface area (Å²) in [5.74, 6) is -2.29. The van der Waals surface area contributed by atoms with Crippen molar-refractivity contribution >= 4 is 57.4 Å². The first kappa shape index (κ1) is 48.4. The molecular formula is C50H60F4N10O6. The van der Waals surface area contributed by atoms with Gasteiger partial charge in [-0.3, -0.25) is 9.59 Å². The highest BCUT2D eigenvalue weighted by Crippen LogP contribution is 2.49. The smallest absolute Gasteiger partial charge is 0.407 e. The number of likely N-dealkylation sites (tertiary alicyclic amines) is 2. The van der Waals surface area contributed by atoms with Crippen LogP contribution in [-0.4, -0.2) is 117 Å². The van der Waals surface area contributed by atoms with Crippen molar-refractivity contribution < 1.29 is 46.6 Å². The topological polar surface area (TPSA) is 192 Å². The van der Waals surface area contributed by atoms with E-state index in [1.54, 1.807) is 32.6 Å². The van der Waals surface area contributed by atoms with Gasteiger partial charge >= 0.3 is 12.2 Å². The second-order valence-electron chi connectivity index (χ2n) is 19.8. The molecule has 0 aliphatic carbocycles. The number of carboxylic acid groups (broad SMARTS) is 1. The number of aromatic nitrogens is 4. The third kappa shape index (κ3) is 9.40. The molecule has 6 heterocycles. The predicted octanol–water partition coefficient (Wildman–Crippen LogP) is 8.69. The fourth-order valence-electron chi connectivity index (χ4n) is 11.0. The summed E-state index contributed by atoms with van der Waals surface area (Å²) in [6.07, 6.45) is -0.992. The Morgan fingerprint density at radius 3 is 1.61 bits per heavy atom. The summed E-state index contributed by atoms with van der Waals surface area (Å²) in [5, 5.41) is 14.3. The first-order valence-electron chi connectivity index (χ1n) is 24.2. The molecule has 4 aliphatic rings. The van der Waals surface area contributed by atoms with E-state index in [9.17, 15) is 24.3 Å². The Hall–Kier alpha value is -6.60. The van der Waals surface area contributed by atoms with E-state index in [0.717, 1.165) is 30.4 Å². The summed E-state index contributed by atoms with van der Waals surface area (Å²) < 4.78 is 67.8. The van der Waals surface area contributed by atoms with Crippen molar-refractivity contribution in [3.05, 3.63) is 82.9 Å². The molecule has 8 atom stereocenters. The van der Waals surface area contributed by atoms with E-state index in [1.807, 2.05) is 41.3 Å². The van der Waals surface area contributed by atoms with Crippen molar-refractivity contribution in [2.75, 3.05) is 43.1 Å². The van der Waals surface area contributed by atoms with Crippen LogP contribution in [0.1, 0.15) is 120 Å². The van der Waals surface area contributed by atoms with Crippen LogP contribution in [0.4, 0.5) is 38.5 Å². The van der Waals surface area contributed by atoms with Gasteiger partial charge in [0.2, 0.25) is 11.8 Å². The summed E-state index contributed by atoms with van der Waals surface area (Å²) in [4.78, 5) is 74.1. The number of H-pyrrole nitrogens is 2. The summed E-state index contributed by atoms with van der Waals surface area (Å²) in [6, 6.07) is 9.78. The zero-order valence-electron chi connectivity index (χ0n) is 39.9. The molecule has 9 rings (SSSR count). The largest absolute Gasteiger partial charge is 0.465 e. The Morgan fingerprint density at radius 2 is 1.17 bits per heavy atom. The number of hydrogen-bond donors (Lipinski definition) is 5. The lowest BCUT2D eigenvalue weighted by Crippen LogP contribution is -2.51. The minimum Gasteiger partial charge on any atom is -0.465 e. The molecule has 0 saturated carbocycles. The average molecular weight is 973 g/mol. The number of ether oxygens (including phenoxy) is 1. The molecular weight excluding hydrogens is 913 g/mol. The molecule has 16 nitrogen and oxygen atoms in total. The van der Waals surface area contributed by atoms with E-state index in [1.165, 1.54) is 29.0 Å². The quantitative estimate of drug-likeness (QED) is 0.0756. The molecule has 5 N–H and O–H groups in total. The number of alkyl halides is 2. The maximum atomic E-state index is 16.4. The van der Waals surface area contributed by atoms with Gasteiger partial charge in [-0.2, -0.15) is 0 Å². The third-order valence-electron chi connectivity index (χ3n) is 14.5. The molecule has 4 amide bonds. The number of alkyl carbamates (subject to hydrolysis) is 1. The number of hydrogen-bond acceptors (Lipinski definition) is 9. The van der Waals surface area contributed by atoms with Crippen LogP contribution < -0.4 is 20.4 Å². The van der Waals surface area contributed by atoms with Crippen molar-refractivity contribution in [2.24, 2.45) is 11.8 Å². The lowest BCUT2D eigenvalue weighted by atomic mass is 10.0. The van der Waals surface area contributed by atoms with Crippen LogP contribution in [0.15, 0.2) is 48.5 Å². The molecule has 5 aromatic rings. The number of anilines is 2. The lowest BCUT2D eigenvalue weighted by Gasteiger charge is -2.35. The van der Waals surface area contributed by atoms with Gasteiger partial charge in [-0.05, 0) is 91.5 Å². The number of rotatable bonds is 12. The first-order chi connectivity index (χ1) is 33.5. The minimum atomic E-state index is -1.36. The fourth-order valence-corrected chi connectivity index (χ4v) is 11.0. The number of nitrogens with one attached hydrogen (secondary N) is 4. The second-order valence-corrected chi connectivity index (χ2v) is 19.8. The van der Waals surface area contributed by atoms with Crippen LogP contribution in [0.2, 0.25) is 0 Å². The fraction of sp³-hybridized carbons (Fsp3) is 0.520. The first-order valence-corrected chi connectivity index (χ1v) is 24.2. The van der Waals surface area contributed by atoms with Gasteiger partial charge in [0.1, 0.15) is 41.8 Å². The predicted molar refractivity (Wildman–Crippen MR) is 254 cm³/mol. The normalized spacial score (nSPS) is 23.8. The van der Waals surface area contributed by atoms with Crippen LogP contribution >= 0.6 is 0 Å². The molecule has 0 unspecified atom stereocenters. The molecule has 0 radical (unpaired) electrons. The third-order valence-corrected chi connectivity index (χ3v) is 14.5. The highest BCUT2D eigenvalue weighted by Gasteiger charge is 2.44. The van der Waals surface area contributed by atoms with Crippen molar-refractivity contribution in [1.29, 1.82) is 0 Å². The number of nitrogens with zero attached hydrogens (tertiary/aromatic N) is 6. The zero-order chi connectivity index (χ0) is 49.7. The number of imidazole rings is 2. The van der Waals surface area contributed by atoms with Crippen molar-refractivity contribution in [3.63, 3.8) is 0 Å². The Balaban J connectivity index is 1.05. The molecule has 4 fully saturated rings. The average Bonchev–Trinajstić information content (AvgIpc) is 4.18. The molecule has 2 aromatic heterocycles. The van der Waals surface area contributed by atoms with Crippen LogP contribution in [-0.2, 0) is 14.3 Å². The number of carbonyl (C=O) groups excluding carboxylic acids is 3. The minimum absolute atomic E-state index is 0.00252. The number of methoxy groups -OCH3 is 1. The van der Waals surface area contributed by atoms with Crippen LogP contribution in [0.3, 0.4) is 0 Å². The molecule has 0 spiro atoms. The number of benzene rings is 3. The monoisotopic (exact) mass is 972 g/mol. The van der Waals surface area contributed by atoms with E-state index >= 15 is 17.6 Å². The number of aromatic amines is 2. The van der Waals surface area contributed by atoms with E-state index in [-0.39, 0.29) is 37.5 Å². The van der Waals surface area contributed by atoms with Gasteiger partial charge in [0.05, 0.1) is 66.4 Å². The molecule has 4 saturated heterocycles. The van der Waals surface area contributed by atoms with Gasteiger partial charge in [-0.15, -0.1) is 0 Å². The summed E-state index contributed by atoms with van der Waals surface area (Å²) in [5.41, 5.74) is 4.30. The Labute approximate surface area is 402 Å².